The highest BCUT2D eigenvalue weighted by Crippen LogP contribution is 2.72. The maximum atomic E-state index is 6.00. The first-order valence-electron chi connectivity index (χ1n) is 8.72. The van der Waals surface area contributed by atoms with Crippen LogP contribution in [0.3, 0.4) is 0 Å². The lowest BCUT2D eigenvalue weighted by Crippen LogP contribution is -2.40. The number of ether oxygens (including phenoxy) is 2. The fraction of sp³-hybridized carbons (Fsp3) is 0.600. The molecule has 22 heavy (non-hydrogen) atoms. The van der Waals surface area contributed by atoms with Crippen LogP contribution in [-0.4, -0.2) is 19.0 Å². The summed E-state index contributed by atoms with van der Waals surface area (Å²) in [6.45, 7) is 8.19. The second kappa shape index (κ2) is 4.46. The summed E-state index contributed by atoms with van der Waals surface area (Å²) in [6.07, 6.45) is 3.35. The van der Waals surface area contributed by atoms with Crippen molar-refractivity contribution in [1.82, 2.24) is 0 Å². The van der Waals surface area contributed by atoms with E-state index in [0.29, 0.717) is 11.8 Å². The Kier molecular flexibility index (Phi) is 2.70. The Morgan fingerprint density at radius 2 is 1.82 bits per heavy atom. The molecule has 1 saturated heterocycles. The summed E-state index contributed by atoms with van der Waals surface area (Å²) in [5.41, 5.74) is 4.37. The van der Waals surface area contributed by atoms with Gasteiger partial charge in [0, 0.05) is 12.8 Å². The van der Waals surface area contributed by atoms with Crippen molar-refractivity contribution in [2.45, 2.75) is 37.9 Å². The lowest BCUT2D eigenvalue weighted by molar-refractivity contribution is -0.192. The fourth-order valence-corrected chi connectivity index (χ4v) is 5.63. The molecule has 1 aromatic rings. The van der Waals surface area contributed by atoms with Crippen molar-refractivity contribution in [3.63, 3.8) is 0 Å². The van der Waals surface area contributed by atoms with E-state index in [1.165, 1.54) is 23.1 Å². The highest BCUT2D eigenvalue weighted by molar-refractivity contribution is 5.41. The minimum atomic E-state index is -0.253. The molecule has 0 aromatic heterocycles. The molecule has 1 aliphatic heterocycles. The number of hydrogen-bond donors (Lipinski definition) is 0. The lowest BCUT2D eigenvalue weighted by atomic mass is 9.72. The average Bonchev–Trinajstić information content (AvgIpc) is 3.01. The Balaban J connectivity index is 1.42. The van der Waals surface area contributed by atoms with Gasteiger partial charge in [0.05, 0.1) is 13.2 Å². The van der Waals surface area contributed by atoms with Crippen LogP contribution in [0.15, 0.2) is 36.4 Å². The Bertz CT molecular complexity index is 611. The molecule has 116 valence electrons. The first-order chi connectivity index (χ1) is 10.7. The SMILES string of the molecule is C=C1[C@@H]2[C@@H](c3ccc(C)cc3)[C@@H]2[C@H]2CC3(CC[C@H]12)OCCO3. The summed E-state index contributed by atoms with van der Waals surface area (Å²) < 4.78 is 12.0. The molecule has 3 aliphatic carbocycles. The maximum absolute atomic E-state index is 6.00. The molecule has 1 heterocycles. The number of rotatable bonds is 1. The first-order valence-corrected chi connectivity index (χ1v) is 8.72. The fourth-order valence-electron chi connectivity index (χ4n) is 5.63. The highest BCUT2D eigenvalue weighted by Gasteiger charge is 2.66. The van der Waals surface area contributed by atoms with Gasteiger partial charge < -0.3 is 9.47 Å². The van der Waals surface area contributed by atoms with Gasteiger partial charge in [-0.3, -0.25) is 0 Å². The largest absolute Gasteiger partial charge is 0.348 e. The van der Waals surface area contributed by atoms with E-state index in [4.69, 9.17) is 9.47 Å². The molecule has 3 saturated carbocycles. The number of hydrogen-bond acceptors (Lipinski definition) is 2. The number of allylic oxidation sites excluding steroid dienone is 1. The third kappa shape index (κ3) is 1.74. The van der Waals surface area contributed by atoms with E-state index in [1.807, 2.05) is 0 Å². The van der Waals surface area contributed by atoms with Gasteiger partial charge in [-0.25, -0.2) is 0 Å². The summed E-state index contributed by atoms with van der Waals surface area (Å²) in [7, 11) is 0. The topological polar surface area (TPSA) is 18.5 Å². The van der Waals surface area contributed by atoms with E-state index in [-0.39, 0.29) is 5.79 Å². The highest BCUT2D eigenvalue weighted by atomic mass is 16.7. The molecular weight excluding hydrogens is 272 g/mol. The maximum Gasteiger partial charge on any atom is 0.168 e. The summed E-state index contributed by atoms with van der Waals surface area (Å²) in [4.78, 5) is 0. The van der Waals surface area contributed by atoms with Crippen molar-refractivity contribution >= 4 is 0 Å². The van der Waals surface area contributed by atoms with E-state index >= 15 is 0 Å². The van der Waals surface area contributed by atoms with Crippen molar-refractivity contribution in [2.24, 2.45) is 23.7 Å². The van der Waals surface area contributed by atoms with Gasteiger partial charge in [-0.15, -0.1) is 0 Å². The van der Waals surface area contributed by atoms with Gasteiger partial charge in [0.1, 0.15) is 0 Å². The Hall–Kier alpha value is -1.12. The zero-order chi connectivity index (χ0) is 14.9. The van der Waals surface area contributed by atoms with Crippen molar-refractivity contribution in [1.29, 1.82) is 0 Å². The van der Waals surface area contributed by atoms with E-state index < -0.39 is 0 Å². The minimum absolute atomic E-state index is 0.253. The number of aryl methyl sites for hydroxylation is 1. The van der Waals surface area contributed by atoms with Crippen LogP contribution in [0.1, 0.15) is 36.3 Å². The van der Waals surface area contributed by atoms with Crippen LogP contribution < -0.4 is 0 Å². The Morgan fingerprint density at radius 1 is 1.09 bits per heavy atom. The summed E-state index contributed by atoms with van der Waals surface area (Å²) in [5, 5.41) is 0. The molecule has 0 unspecified atom stereocenters. The van der Waals surface area contributed by atoms with Gasteiger partial charge in [-0.2, -0.15) is 0 Å². The quantitative estimate of drug-likeness (QED) is 0.728. The number of fused-ring (bicyclic) bond motifs is 3. The van der Waals surface area contributed by atoms with Gasteiger partial charge in [-0.05, 0) is 48.5 Å². The Morgan fingerprint density at radius 3 is 2.55 bits per heavy atom. The molecule has 4 fully saturated rings. The van der Waals surface area contributed by atoms with Crippen LogP contribution in [0.4, 0.5) is 0 Å². The van der Waals surface area contributed by atoms with Gasteiger partial charge >= 0.3 is 0 Å². The second-order valence-electron chi connectivity index (χ2n) is 7.74. The average molecular weight is 296 g/mol. The summed E-state index contributed by atoms with van der Waals surface area (Å²) in [5.74, 6) is 3.38. The molecule has 0 bridgehead atoms. The lowest BCUT2D eigenvalue weighted by Gasteiger charge is -2.40. The molecule has 0 N–H and O–H groups in total. The van der Waals surface area contributed by atoms with E-state index in [1.54, 1.807) is 0 Å². The number of benzene rings is 1. The van der Waals surface area contributed by atoms with Crippen LogP contribution in [0.2, 0.25) is 0 Å². The smallest absolute Gasteiger partial charge is 0.168 e. The van der Waals surface area contributed by atoms with Crippen molar-refractivity contribution in [3.05, 3.63) is 47.5 Å². The standard InChI is InChI=1S/C20H24O2/c1-12-3-5-14(6-4-12)18-17-13(2)15-7-8-20(21-9-10-22-20)11-16(15)19(17)18/h3-6,15-19H,2,7-11H2,1H3/t15-,16+,17-,18-,19-/m1/s1. The van der Waals surface area contributed by atoms with Gasteiger partial charge in [0.25, 0.3) is 0 Å². The van der Waals surface area contributed by atoms with Gasteiger partial charge in [0.15, 0.2) is 5.79 Å². The van der Waals surface area contributed by atoms with Gasteiger partial charge in [-0.1, -0.05) is 42.0 Å². The zero-order valence-electron chi connectivity index (χ0n) is 13.3. The summed E-state index contributed by atoms with van der Waals surface area (Å²) >= 11 is 0. The van der Waals surface area contributed by atoms with Gasteiger partial charge in [0.2, 0.25) is 0 Å². The zero-order valence-corrected chi connectivity index (χ0v) is 13.3. The third-order valence-corrected chi connectivity index (χ3v) is 6.65. The molecule has 1 aromatic carbocycles. The molecular formula is C20H24O2. The molecule has 5 rings (SSSR count). The molecule has 2 heteroatoms. The molecule has 0 amide bonds. The first kappa shape index (κ1) is 13.3. The predicted octanol–water partition coefficient (Wildman–Crippen LogP) is 4.05. The van der Waals surface area contributed by atoms with E-state index in [9.17, 15) is 0 Å². The van der Waals surface area contributed by atoms with Crippen molar-refractivity contribution in [2.75, 3.05) is 13.2 Å². The normalized spacial score (nSPS) is 41.5. The van der Waals surface area contributed by atoms with E-state index in [0.717, 1.165) is 43.8 Å². The second-order valence-corrected chi connectivity index (χ2v) is 7.74. The van der Waals surface area contributed by atoms with Crippen LogP contribution in [-0.2, 0) is 9.47 Å². The van der Waals surface area contributed by atoms with E-state index in [2.05, 4.69) is 37.8 Å². The van der Waals surface area contributed by atoms with Crippen LogP contribution in [0, 0.1) is 30.6 Å². The van der Waals surface area contributed by atoms with Crippen LogP contribution >= 0.6 is 0 Å². The van der Waals surface area contributed by atoms with Crippen LogP contribution in [0.25, 0.3) is 0 Å². The third-order valence-electron chi connectivity index (χ3n) is 6.65. The molecule has 5 atom stereocenters. The van der Waals surface area contributed by atoms with Crippen LogP contribution in [0.5, 0.6) is 0 Å². The Labute approximate surface area is 132 Å². The molecule has 4 aliphatic rings. The summed E-state index contributed by atoms with van der Waals surface area (Å²) in [6, 6.07) is 9.13. The predicted molar refractivity (Wildman–Crippen MR) is 85.5 cm³/mol. The minimum Gasteiger partial charge on any atom is -0.348 e. The molecule has 1 spiro atoms. The molecule has 0 radical (unpaired) electrons. The monoisotopic (exact) mass is 296 g/mol. The van der Waals surface area contributed by atoms with Crippen molar-refractivity contribution < 1.29 is 9.47 Å². The van der Waals surface area contributed by atoms with Crippen molar-refractivity contribution in [3.8, 4) is 0 Å². The molecule has 2 nitrogen and oxygen atoms in total.